The Labute approximate surface area is 75.5 Å². The second-order valence-electron chi connectivity index (χ2n) is 2.50. The average Bonchev–Trinajstić information content (AvgIpc) is 2.01. The monoisotopic (exact) mass is 203 g/mol. The number of benzene rings is 1. The zero-order valence-corrected chi connectivity index (χ0v) is 7.90. The van der Waals surface area contributed by atoms with Crippen LogP contribution in [0.5, 0.6) is 5.75 Å². The molecular formula is C7H10NO4P. The third kappa shape index (κ3) is 3.46. The van der Waals surface area contributed by atoms with Crippen LogP contribution in [0.15, 0.2) is 24.3 Å². The molecule has 0 saturated heterocycles. The fourth-order valence-electron chi connectivity index (χ4n) is 0.666. The Morgan fingerprint density at radius 2 is 2.08 bits per heavy atom. The second-order valence-corrected chi connectivity index (χ2v) is 4.25. The molecule has 0 aliphatic heterocycles. The zero-order chi connectivity index (χ0) is 9.90. The number of hydrogen-bond acceptors (Lipinski definition) is 4. The smallest absolute Gasteiger partial charge is 0.363 e. The van der Waals surface area contributed by atoms with Gasteiger partial charge in [0.1, 0.15) is 0 Å². The molecule has 0 spiro atoms. The SMILES string of the molecule is CP(=O)(O)OOc1ccccc1N. The highest BCUT2D eigenvalue weighted by molar-refractivity contribution is 7.51. The third-order valence-electron chi connectivity index (χ3n) is 1.18. The molecular weight excluding hydrogens is 193 g/mol. The summed E-state index contributed by atoms with van der Waals surface area (Å²) in [5, 5.41) is 0. The molecule has 0 saturated carbocycles. The first-order chi connectivity index (χ1) is 5.99. The van der Waals surface area contributed by atoms with Crippen molar-refractivity contribution < 1.29 is 19.0 Å². The molecule has 0 amide bonds. The van der Waals surface area contributed by atoms with E-state index in [1.54, 1.807) is 18.2 Å². The normalized spacial score (nSPS) is 14.9. The molecule has 1 aromatic carbocycles. The molecule has 0 heterocycles. The van der Waals surface area contributed by atoms with Crippen LogP contribution in [0.2, 0.25) is 0 Å². The molecule has 0 fully saturated rings. The van der Waals surface area contributed by atoms with Gasteiger partial charge >= 0.3 is 7.60 Å². The average molecular weight is 203 g/mol. The summed E-state index contributed by atoms with van der Waals surface area (Å²) in [6.45, 7) is 1.02. The summed E-state index contributed by atoms with van der Waals surface area (Å²) in [6, 6.07) is 6.52. The van der Waals surface area contributed by atoms with E-state index in [2.05, 4.69) is 9.56 Å². The Hall–Kier alpha value is -1.03. The van der Waals surface area contributed by atoms with Crippen LogP contribution in [0, 0.1) is 0 Å². The van der Waals surface area contributed by atoms with Crippen LogP contribution in [-0.4, -0.2) is 11.6 Å². The summed E-state index contributed by atoms with van der Waals surface area (Å²) >= 11 is 0. The van der Waals surface area contributed by atoms with Gasteiger partial charge in [0, 0.05) is 6.66 Å². The van der Waals surface area contributed by atoms with E-state index >= 15 is 0 Å². The van der Waals surface area contributed by atoms with E-state index in [9.17, 15) is 4.57 Å². The molecule has 72 valence electrons. The van der Waals surface area contributed by atoms with Crippen molar-refractivity contribution in [2.24, 2.45) is 0 Å². The van der Waals surface area contributed by atoms with Gasteiger partial charge in [-0.25, -0.2) is 0 Å². The van der Waals surface area contributed by atoms with E-state index in [0.717, 1.165) is 6.66 Å². The summed E-state index contributed by atoms with van der Waals surface area (Å²) in [7, 11) is -3.63. The minimum atomic E-state index is -3.63. The largest absolute Gasteiger partial charge is 0.396 e. The highest BCUT2D eigenvalue weighted by Crippen LogP contribution is 2.37. The lowest BCUT2D eigenvalue weighted by Gasteiger charge is -2.07. The van der Waals surface area contributed by atoms with Crippen LogP contribution in [0.1, 0.15) is 0 Å². The minimum Gasteiger partial charge on any atom is -0.396 e. The van der Waals surface area contributed by atoms with Crippen LogP contribution in [-0.2, 0) is 9.24 Å². The molecule has 1 aromatic rings. The van der Waals surface area contributed by atoms with E-state index in [-0.39, 0.29) is 5.75 Å². The van der Waals surface area contributed by atoms with Gasteiger partial charge in [-0.05, 0) is 12.1 Å². The van der Waals surface area contributed by atoms with Crippen molar-refractivity contribution in [2.75, 3.05) is 12.4 Å². The number of anilines is 1. The van der Waals surface area contributed by atoms with Gasteiger partial charge in [-0.3, -0.25) is 4.57 Å². The maximum atomic E-state index is 10.7. The maximum Gasteiger partial charge on any atom is 0.363 e. The standard InChI is InChI=1S/C7H10NO4P/c1-13(9,10)12-11-7-5-3-2-4-6(7)8/h2-5H,8H2,1H3,(H,9,10). The minimum absolute atomic E-state index is 0.221. The van der Waals surface area contributed by atoms with Gasteiger partial charge in [-0.15, -0.1) is 4.67 Å². The molecule has 1 unspecified atom stereocenters. The van der Waals surface area contributed by atoms with Crippen molar-refractivity contribution >= 4 is 13.3 Å². The van der Waals surface area contributed by atoms with Crippen molar-refractivity contribution in [1.29, 1.82) is 0 Å². The van der Waals surface area contributed by atoms with Gasteiger partial charge in [0.05, 0.1) is 5.69 Å². The van der Waals surface area contributed by atoms with Gasteiger partial charge in [0.15, 0.2) is 5.75 Å². The van der Waals surface area contributed by atoms with Crippen LogP contribution >= 0.6 is 7.60 Å². The van der Waals surface area contributed by atoms with E-state index in [1.807, 2.05) is 0 Å². The molecule has 1 rings (SSSR count). The van der Waals surface area contributed by atoms with Crippen LogP contribution in [0.25, 0.3) is 0 Å². The number of rotatable bonds is 3. The van der Waals surface area contributed by atoms with Crippen LogP contribution in [0.3, 0.4) is 0 Å². The molecule has 3 N–H and O–H groups in total. The molecule has 0 aliphatic carbocycles. The fourth-order valence-corrected chi connectivity index (χ4v) is 0.884. The molecule has 0 bridgehead atoms. The first-order valence-corrected chi connectivity index (χ1v) is 5.52. The third-order valence-corrected chi connectivity index (χ3v) is 1.54. The summed E-state index contributed by atoms with van der Waals surface area (Å²) in [5.74, 6) is 0.221. The maximum absolute atomic E-state index is 10.7. The summed E-state index contributed by atoms with van der Waals surface area (Å²) in [5.41, 5.74) is 5.82. The molecule has 5 nitrogen and oxygen atoms in total. The Bertz CT molecular complexity index is 335. The van der Waals surface area contributed by atoms with E-state index in [4.69, 9.17) is 10.6 Å². The Balaban J connectivity index is 2.65. The Morgan fingerprint density at radius 3 is 2.62 bits per heavy atom. The van der Waals surface area contributed by atoms with Gasteiger partial charge < -0.3 is 15.5 Å². The second kappa shape index (κ2) is 3.79. The summed E-state index contributed by atoms with van der Waals surface area (Å²) in [4.78, 5) is 13.3. The van der Waals surface area contributed by atoms with Crippen molar-refractivity contribution in [1.82, 2.24) is 0 Å². The topological polar surface area (TPSA) is 81.8 Å². The summed E-state index contributed by atoms with van der Waals surface area (Å²) < 4.78 is 14.9. The first kappa shape index (κ1) is 10.1. The zero-order valence-electron chi connectivity index (χ0n) is 7.01. The fraction of sp³-hybridized carbons (Fsp3) is 0.143. The van der Waals surface area contributed by atoms with E-state index in [0.29, 0.717) is 5.69 Å². The van der Waals surface area contributed by atoms with Crippen molar-refractivity contribution in [3.8, 4) is 5.75 Å². The highest BCUT2D eigenvalue weighted by Gasteiger charge is 2.13. The lowest BCUT2D eigenvalue weighted by Crippen LogP contribution is -1.97. The highest BCUT2D eigenvalue weighted by atomic mass is 31.2. The lowest BCUT2D eigenvalue weighted by atomic mass is 10.3. The molecule has 1 atom stereocenters. The van der Waals surface area contributed by atoms with Crippen LogP contribution in [0.4, 0.5) is 5.69 Å². The van der Waals surface area contributed by atoms with E-state index < -0.39 is 7.60 Å². The predicted octanol–water partition coefficient (Wildman–Crippen LogP) is 1.39. The van der Waals surface area contributed by atoms with E-state index in [1.165, 1.54) is 6.07 Å². The molecule has 0 radical (unpaired) electrons. The number of nitrogens with two attached hydrogens (primary N) is 1. The van der Waals surface area contributed by atoms with Crippen molar-refractivity contribution in [3.05, 3.63) is 24.3 Å². The number of para-hydroxylation sites is 2. The van der Waals surface area contributed by atoms with Gasteiger partial charge in [-0.1, -0.05) is 12.1 Å². The van der Waals surface area contributed by atoms with Crippen LogP contribution < -0.4 is 10.6 Å². The molecule has 13 heavy (non-hydrogen) atoms. The molecule has 0 aromatic heterocycles. The molecule has 6 heteroatoms. The number of nitrogen functional groups attached to an aromatic ring is 1. The number of hydrogen-bond donors (Lipinski definition) is 2. The first-order valence-electron chi connectivity index (χ1n) is 3.50. The van der Waals surface area contributed by atoms with Crippen molar-refractivity contribution in [2.45, 2.75) is 0 Å². The van der Waals surface area contributed by atoms with Gasteiger partial charge in [-0.2, -0.15) is 0 Å². The summed E-state index contributed by atoms with van der Waals surface area (Å²) in [6.07, 6.45) is 0. The van der Waals surface area contributed by atoms with Crippen molar-refractivity contribution in [3.63, 3.8) is 0 Å². The predicted molar refractivity (Wildman–Crippen MR) is 48.3 cm³/mol. The Kier molecular flexibility index (Phi) is 2.93. The lowest BCUT2D eigenvalue weighted by molar-refractivity contribution is -0.107. The van der Waals surface area contributed by atoms with Gasteiger partial charge in [0.2, 0.25) is 0 Å². The van der Waals surface area contributed by atoms with Gasteiger partial charge in [0.25, 0.3) is 0 Å². The quantitative estimate of drug-likeness (QED) is 0.336. The Morgan fingerprint density at radius 1 is 1.46 bits per heavy atom. The molecule has 0 aliphatic rings.